The van der Waals surface area contributed by atoms with Crippen LogP contribution in [-0.4, -0.2) is 43.7 Å². The van der Waals surface area contributed by atoms with Crippen LogP contribution in [0.15, 0.2) is 36.4 Å². The van der Waals surface area contributed by atoms with Crippen molar-refractivity contribution in [2.24, 2.45) is 5.92 Å². The van der Waals surface area contributed by atoms with Crippen molar-refractivity contribution in [1.82, 2.24) is 5.32 Å². The molecule has 0 bridgehead atoms. The molecule has 0 aliphatic carbocycles. The maximum atomic E-state index is 13.0. The SMILES string of the molecule is CCOc1ccc(CCNC(=O)c2cc([N+](=O)[O-])ccc2N2CCC(C)CC2)cc1OCC. The van der Waals surface area contributed by atoms with Crippen molar-refractivity contribution in [2.75, 3.05) is 37.7 Å². The van der Waals surface area contributed by atoms with Crippen LogP contribution >= 0.6 is 0 Å². The first-order valence-electron chi connectivity index (χ1n) is 11.6. The Morgan fingerprint density at radius 1 is 1.09 bits per heavy atom. The number of amides is 1. The Kier molecular flexibility index (Phi) is 8.52. The minimum Gasteiger partial charge on any atom is -0.490 e. The molecule has 1 fully saturated rings. The molecule has 0 spiro atoms. The number of rotatable bonds is 10. The standard InChI is InChI=1S/C25H33N3O5/c1-4-32-23-9-6-19(16-24(23)33-5-2)10-13-26-25(29)21-17-20(28(30)31)7-8-22(21)27-14-11-18(3)12-15-27/h6-9,16-18H,4-5,10-15H2,1-3H3,(H,26,29). The Labute approximate surface area is 195 Å². The number of hydrogen-bond acceptors (Lipinski definition) is 6. The summed E-state index contributed by atoms with van der Waals surface area (Å²) in [5, 5.41) is 14.2. The van der Waals surface area contributed by atoms with Gasteiger partial charge in [0, 0.05) is 31.8 Å². The molecule has 0 unspecified atom stereocenters. The van der Waals surface area contributed by atoms with E-state index in [4.69, 9.17) is 9.47 Å². The third-order valence-electron chi connectivity index (χ3n) is 5.87. The number of ether oxygens (including phenoxy) is 2. The van der Waals surface area contributed by atoms with E-state index in [1.807, 2.05) is 32.0 Å². The summed E-state index contributed by atoms with van der Waals surface area (Å²) in [6.07, 6.45) is 2.68. The maximum Gasteiger partial charge on any atom is 0.270 e. The zero-order valence-corrected chi connectivity index (χ0v) is 19.6. The van der Waals surface area contributed by atoms with E-state index in [9.17, 15) is 14.9 Å². The molecule has 1 N–H and O–H groups in total. The van der Waals surface area contributed by atoms with Crippen molar-refractivity contribution in [2.45, 2.75) is 40.0 Å². The van der Waals surface area contributed by atoms with Gasteiger partial charge in [-0.15, -0.1) is 0 Å². The molecule has 3 rings (SSSR count). The number of carbonyl (C=O) groups is 1. The lowest BCUT2D eigenvalue weighted by Gasteiger charge is -2.33. The van der Waals surface area contributed by atoms with Crippen LogP contribution in [-0.2, 0) is 6.42 Å². The van der Waals surface area contributed by atoms with Crippen molar-refractivity contribution < 1.29 is 19.2 Å². The second-order valence-electron chi connectivity index (χ2n) is 8.28. The van der Waals surface area contributed by atoms with E-state index in [0.717, 1.165) is 37.2 Å². The fraction of sp³-hybridized carbons (Fsp3) is 0.480. The number of anilines is 1. The van der Waals surface area contributed by atoms with Crippen LogP contribution < -0.4 is 19.7 Å². The zero-order chi connectivity index (χ0) is 23.8. The van der Waals surface area contributed by atoms with Gasteiger partial charge in [0.15, 0.2) is 11.5 Å². The van der Waals surface area contributed by atoms with Gasteiger partial charge in [0.25, 0.3) is 11.6 Å². The summed E-state index contributed by atoms with van der Waals surface area (Å²) in [6, 6.07) is 10.3. The van der Waals surface area contributed by atoms with E-state index in [1.165, 1.54) is 12.1 Å². The van der Waals surface area contributed by atoms with Crippen LogP contribution in [0.1, 0.15) is 49.5 Å². The summed E-state index contributed by atoms with van der Waals surface area (Å²) in [5.41, 5.74) is 2.03. The molecule has 33 heavy (non-hydrogen) atoms. The molecule has 8 nitrogen and oxygen atoms in total. The molecule has 0 atom stereocenters. The Bertz CT molecular complexity index is 971. The quantitative estimate of drug-likeness (QED) is 0.416. The first kappa shape index (κ1) is 24.4. The Morgan fingerprint density at radius 2 is 1.79 bits per heavy atom. The Morgan fingerprint density at radius 3 is 2.45 bits per heavy atom. The summed E-state index contributed by atoms with van der Waals surface area (Å²) < 4.78 is 11.3. The molecule has 1 amide bonds. The average molecular weight is 456 g/mol. The van der Waals surface area contributed by atoms with Crippen molar-refractivity contribution in [3.05, 3.63) is 57.6 Å². The van der Waals surface area contributed by atoms with Crippen LogP contribution in [0.25, 0.3) is 0 Å². The van der Waals surface area contributed by atoms with Crippen molar-refractivity contribution in [1.29, 1.82) is 0 Å². The number of hydrogen-bond donors (Lipinski definition) is 1. The smallest absolute Gasteiger partial charge is 0.270 e. The van der Waals surface area contributed by atoms with Gasteiger partial charge < -0.3 is 19.7 Å². The number of nitro benzene ring substituents is 1. The van der Waals surface area contributed by atoms with Gasteiger partial charge in [-0.1, -0.05) is 13.0 Å². The lowest BCUT2D eigenvalue weighted by atomic mass is 9.98. The topological polar surface area (TPSA) is 93.9 Å². The highest BCUT2D eigenvalue weighted by molar-refractivity contribution is 6.00. The van der Waals surface area contributed by atoms with Crippen molar-refractivity contribution in [3.63, 3.8) is 0 Å². The van der Waals surface area contributed by atoms with Gasteiger partial charge in [-0.3, -0.25) is 14.9 Å². The molecule has 1 aliphatic heterocycles. The van der Waals surface area contributed by atoms with E-state index in [0.29, 0.717) is 49.2 Å². The highest BCUT2D eigenvalue weighted by atomic mass is 16.6. The molecule has 1 saturated heterocycles. The molecule has 178 valence electrons. The lowest BCUT2D eigenvalue weighted by Crippen LogP contribution is -2.35. The molecule has 2 aromatic rings. The van der Waals surface area contributed by atoms with E-state index in [2.05, 4.69) is 17.1 Å². The number of benzene rings is 2. The van der Waals surface area contributed by atoms with Gasteiger partial charge in [-0.05, 0) is 62.8 Å². The number of carbonyl (C=O) groups excluding carboxylic acids is 1. The summed E-state index contributed by atoms with van der Waals surface area (Å²) >= 11 is 0. The summed E-state index contributed by atoms with van der Waals surface area (Å²) in [5.74, 6) is 1.73. The third-order valence-corrected chi connectivity index (χ3v) is 5.87. The highest BCUT2D eigenvalue weighted by Gasteiger charge is 2.23. The molecule has 0 aromatic heterocycles. The second kappa shape index (κ2) is 11.5. The van der Waals surface area contributed by atoms with Crippen LogP contribution in [0, 0.1) is 16.0 Å². The van der Waals surface area contributed by atoms with Crippen LogP contribution in [0.4, 0.5) is 11.4 Å². The van der Waals surface area contributed by atoms with E-state index >= 15 is 0 Å². The van der Waals surface area contributed by atoms with Crippen molar-refractivity contribution in [3.8, 4) is 11.5 Å². The Hall–Kier alpha value is -3.29. The first-order chi connectivity index (χ1) is 15.9. The van der Waals surface area contributed by atoms with E-state index in [-0.39, 0.29) is 11.6 Å². The van der Waals surface area contributed by atoms with Gasteiger partial charge in [-0.25, -0.2) is 0 Å². The van der Waals surface area contributed by atoms with Gasteiger partial charge in [-0.2, -0.15) is 0 Å². The average Bonchev–Trinajstić information content (AvgIpc) is 2.81. The molecule has 0 radical (unpaired) electrons. The largest absolute Gasteiger partial charge is 0.490 e. The predicted octanol–water partition coefficient (Wildman–Crippen LogP) is 4.60. The highest BCUT2D eigenvalue weighted by Crippen LogP contribution is 2.30. The maximum absolute atomic E-state index is 13.0. The molecule has 2 aromatic carbocycles. The summed E-state index contributed by atoms with van der Waals surface area (Å²) in [7, 11) is 0. The van der Waals surface area contributed by atoms with Gasteiger partial charge in [0.1, 0.15) is 0 Å². The van der Waals surface area contributed by atoms with Gasteiger partial charge in [0.2, 0.25) is 0 Å². The molecular weight excluding hydrogens is 422 g/mol. The predicted molar refractivity (Wildman–Crippen MR) is 129 cm³/mol. The Balaban J connectivity index is 1.71. The van der Waals surface area contributed by atoms with E-state index in [1.54, 1.807) is 6.07 Å². The van der Waals surface area contributed by atoms with Crippen LogP contribution in [0.2, 0.25) is 0 Å². The second-order valence-corrected chi connectivity index (χ2v) is 8.28. The number of non-ortho nitro benzene ring substituents is 1. The number of nitro groups is 1. The minimum atomic E-state index is -0.464. The fourth-order valence-corrected chi connectivity index (χ4v) is 4.01. The molecule has 0 saturated carbocycles. The third kappa shape index (κ3) is 6.37. The molecule has 8 heteroatoms. The zero-order valence-electron chi connectivity index (χ0n) is 19.6. The first-order valence-corrected chi connectivity index (χ1v) is 11.6. The van der Waals surface area contributed by atoms with Crippen LogP contribution in [0.3, 0.4) is 0 Å². The summed E-state index contributed by atoms with van der Waals surface area (Å²) in [6.45, 7) is 9.23. The number of nitrogens with zero attached hydrogens (tertiary/aromatic N) is 2. The van der Waals surface area contributed by atoms with Crippen molar-refractivity contribution >= 4 is 17.3 Å². The number of piperidine rings is 1. The molecule has 1 aliphatic rings. The fourth-order valence-electron chi connectivity index (χ4n) is 4.01. The van der Waals surface area contributed by atoms with Gasteiger partial charge in [0.05, 0.1) is 29.4 Å². The normalized spacial score (nSPS) is 14.1. The van der Waals surface area contributed by atoms with Crippen LogP contribution in [0.5, 0.6) is 11.5 Å². The minimum absolute atomic E-state index is 0.0813. The van der Waals surface area contributed by atoms with Gasteiger partial charge >= 0.3 is 0 Å². The monoisotopic (exact) mass is 455 g/mol. The lowest BCUT2D eigenvalue weighted by molar-refractivity contribution is -0.384. The summed E-state index contributed by atoms with van der Waals surface area (Å²) in [4.78, 5) is 26.0. The number of nitrogens with one attached hydrogen (secondary N) is 1. The molecular formula is C25H33N3O5. The molecule has 1 heterocycles. The van der Waals surface area contributed by atoms with E-state index < -0.39 is 4.92 Å².